The molecule has 0 radical (unpaired) electrons. The number of para-hydroxylation sites is 1. The van der Waals surface area contributed by atoms with Crippen LogP contribution in [-0.2, 0) is 0 Å². The van der Waals surface area contributed by atoms with Gasteiger partial charge >= 0.3 is 0 Å². The molecule has 0 unspecified atom stereocenters. The Bertz CT molecular complexity index is 587. The van der Waals surface area contributed by atoms with Gasteiger partial charge in [-0.15, -0.1) is 0 Å². The maximum Gasteiger partial charge on any atom is 0.103 e. The normalized spacial score (nSPS) is 23.3. The minimum atomic E-state index is -0.0125. The van der Waals surface area contributed by atoms with Gasteiger partial charge in [0.25, 0.3) is 0 Å². The molecule has 0 bridgehead atoms. The van der Waals surface area contributed by atoms with E-state index in [0.29, 0.717) is 0 Å². The van der Waals surface area contributed by atoms with Gasteiger partial charge in [-0.25, -0.2) is 4.99 Å². The van der Waals surface area contributed by atoms with Gasteiger partial charge in [0.15, 0.2) is 0 Å². The summed E-state index contributed by atoms with van der Waals surface area (Å²) >= 11 is 0. The first-order valence-electron chi connectivity index (χ1n) is 6.84. The molecule has 0 saturated heterocycles. The summed E-state index contributed by atoms with van der Waals surface area (Å²) in [6, 6.07) is 8.44. The summed E-state index contributed by atoms with van der Waals surface area (Å²) in [5.41, 5.74) is 4.92. The molecule has 2 heteroatoms. The van der Waals surface area contributed by atoms with Crippen LogP contribution in [0.1, 0.15) is 37.7 Å². The first-order valence-corrected chi connectivity index (χ1v) is 6.84. The predicted octanol–water partition coefficient (Wildman–Crippen LogP) is 3.94. The molecule has 0 atom stereocenters. The molecule has 2 aliphatic heterocycles. The maximum absolute atomic E-state index is 4.89. The number of benzene rings is 1. The quantitative estimate of drug-likeness (QED) is 0.651. The van der Waals surface area contributed by atoms with Crippen LogP contribution in [-0.4, -0.2) is 17.5 Å². The third-order valence-electron chi connectivity index (χ3n) is 4.37. The van der Waals surface area contributed by atoms with Crippen LogP contribution in [0.3, 0.4) is 0 Å². The summed E-state index contributed by atoms with van der Waals surface area (Å²) in [6.07, 6.45) is 10.4. The van der Waals surface area contributed by atoms with E-state index < -0.39 is 0 Å². The minimum absolute atomic E-state index is 0.0125. The van der Waals surface area contributed by atoms with E-state index in [-0.39, 0.29) is 5.54 Å². The highest BCUT2D eigenvalue weighted by molar-refractivity contribution is 6.35. The van der Waals surface area contributed by atoms with E-state index in [4.69, 9.17) is 9.98 Å². The molecule has 4 rings (SSSR count). The minimum Gasteiger partial charge on any atom is -0.280 e. The van der Waals surface area contributed by atoms with Gasteiger partial charge in [-0.2, -0.15) is 0 Å². The van der Waals surface area contributed by atoms with Gasteiger partial charge < -0.3 is 0 Å². The maximum atomic E-state index is 4.89. The number of fused-ring (bicyclic) bond motifs is 4. The first kappa shape index (κ1) is 10.2. The fraction of sp³-hybridized carbons (Fsp3) is 0.375. The van der Waals surface area contributed by atoms with Crippen LogP contribution in [0.25, 0.3) is 5.57 Å². The Morgan fingerprint density at radius 2 is 1.83 bits per heavy atom. The van der Waals surface area contributed by atoms with Crippen molar-refractivity contribution in [3.8, 4) is 0 Å². The van der Waals surface area contributed by atoms with E-state index in [9.17, 15) is 0 Å². The molecule has 18 heavy (non-hydrogen) atoms. The lowest BCUT2D eigenvalue weighted by Crippen LogP contribution is -2.40. The number of hydrogen-bond donors (Lipinski definition) is 0. The van der Waals surface area contributed by atoms with Crippen LogP contribution in [0.4, 0.5) is 5.69 Å². The standard InChI is InChI=1S/C16H16N2/c1-4-9-16(10-5-1)15-13(8-11-17-16)12-6-2-3-7-14(12)18-15/h2-3,6-8,11H,1,4-5,9-10H2. The number of nitrogens with zero attached hydrogens (tertiary/aromatic N) is 2. The van der Waals surface area contributed by atoms with E-state index >= 15 is 0 Å². The zero-order valence-electron chi connectivity index (χ0n) is 10.4. The third kappa shape index (κ3) is 1.29. The van der Waals surface area contributed by atoms with E-state index in [2.05, 4.69) is 30.3 Å². The smallest absolute Gasteiger partial charge is 0.103 e. The molecule has 0 N–H and O–H groups in total. The molecule has 0 aromatic heterocycles. The molecule has 1 fully saturated rings. The topological polar surface area (TPSA) is 24.7 Å². The second kappa shape index (κ2) is 3.64. The summed E-state index contributed by atoms with van der Waals surface area (Å²) in [5, 5.41) is 0. The summed E-state index contributed by atoms with van der Waals surface area (Å²) in [6.45, 7) is 0. The Hall–Kier alpha value is -1.70. The molecule has 1 saturated carbocycles. The highest BCUT2D eigenvalue weighted by Gasteiger charge is 2.42. The Kier molecular flexibility index (Phi) is 2.07. The zero-order valence-corrected chi connectivity index (χ0v) is 10.4. The molecule has 1 spiro atoms. The van der Waals surface area contributed by atoms with E-state index in [0.717, 1.165) is 18.5 Å². The van der Waals surface area contributed by atoms with Crippen molar-refractivity contribution < 1.29 is 0 Å². The van der Waals surface area contributed by atoms with Gasteiger partial charge in [-0.1, -0.05) is 37.5 Å². The molecular weight excluding hydrogens is 220 g/mol. The zero-order chi connectivity index (χ0) is 12.0. The van der Waals surface area contributed by atoms with Gasteiger partial charge in [0.2, 0.25) is 0 Å². The molecule has 1 aliphatic carbocycles. The number of hydrogen-bond acceptors (Lipinski definition) is 2. The van der Waals surface area contributed by atoms with Crippen molar-refractivity contribution in [2.45, 2.75) is 37.6 Å². The fourth-order valence-electron chi connectivity index (χ4n) is 3.45. The largest absolute Gasteiger partial charge is 0.280 e. The van der Waals surface area contributed by atoms with Crippen LogP contribution >= 0.6 is 0 Å². The summed E-state index contributed by atoms with van der Waals surface area (Å²) in [7, 11) is 0. The van der Waals surface area contributed by atoms with Crippen molar-refractivity contribution >= 4 is 23.2 Å². The third-order valence-corrected chi connectivity index (χ3v) is 4.37. The Morgan fingerprint density at radius 1 is 1.00 bits per heavy atom. The van der Waals surface area contributed by atoms with Crippen molar-refractivity contribution in [2.24, 2.45) is 9.98 Å². The predicted molar refractivity (Wildman–Crippen MR) is 75.8 cm³/mol. The average molecular weight is 236 g/mol. The lowest BCUT2D eigenvalue weighted by Gasteiger charge is -2.35. The molecule has 90 valence electrons. The van der Waals surface area contributed by atoms with Gasteiger partial charge in [0, 0.05) is 17.4 Å². The van der Waals surface area contributed by atoms with E-state index in [1.54, 1.807) is 0 Å². The second-order valence-corrected chi connectivity index (χ2v) is 5.43. The highest BCUT2D eigenvalue weighted by Crippen LogP contribution is 2.45. The number of dihydropyridines is 1. The molecule has 3 aliphatic rings. The molecule has 0 amide bonds. The van der Waals surface area contributed by atoms with Crippen LogP contribution in [0, 0.1) is 0 Å². The monoisotopic (exact) mass is 236 g/mol. The Morgan fingerprint density at radius 3 is 2.72 bits per heavy atom. The summed E-state index contributed by atoms with van der Waals surface area (Å²) in [4.78, 5) is 9.70. The van der Waals surface area contributed by atoms with Crippen molar-refractivity contribution in [3.05, 3.63) is 35.9 Å². The number of aliphatic imine (C=N–C) groups is 2. The number of rotatable bonds is 0. The van der Waals surface area contributed by atoms with Crippen LogP contribution in [0.2, 0.25) is 0 Å². The van der Waals surface area contributed by atoms with E-state index in [1.807, 2.05) is 6.21 Å². The molecular formula is C16H16N2. The summed E-state index contributed by atoms with van der Waals surface area (Å²) in [5.74, 6) is 0. The molecule has 1 aromatic carbocycles. The van der Waals surface area contributed by atoms with Crippen molar-refractivity contribution in [1.82, 2.24) is 0 Å². The van der Waals surface area contributed by atoms with Crippen LogP contribution < -0.4 is 0 Å². The van der Waals surface area contributed by atoms with Crippen LogP contribution in [0.15, 0.2) is 40.3 Å². The van der Waals surface area contributed by atoms with Crippen LogP contribution in [0.5, 0.6) is 0 Å². The lowest BCUT2D eigenvalue weighted by molar-refractivity contribution is 0.386. The second-order valence-electron chi connectivity index (χ2n) is 5.43. The van der Waals surface area contributed by atoms with Gasteiger partial charge in [0.05, 0.1) is 11.4 Å². The van der Waals surface area contributed by atoms with Crippen molar-refractivity contribution in [3.63, 3.8) is 0 Å². The van der Waals surface area contributed by atoms with Crippen molar-refractivity contribution in [2.75, 3.05) is 0 Å². The first-order chi connectivity index (χ1) is 8.89. The number of allylic oxidation sites excluding steroid dienone is 1. The van der Waals surface area contributed by atoms with Crippen molar-refractivity contribution in [1.29, 1.82) is 0 Å². The van der Waals surface area contributed by atoms with Gasteiger partial charge in [-0.05, 0) is 25.0 Å². The average Bonchev–Trinajstić information content (AvgIpc) is 2.81. The van der Waals surface area contributed by atoms with Gasteiger partial charge in [-0.3, -0.25) is 4.99 Å². The Balaban J connectivity index is 1.86. The SMILES string of the molecule is C1=NC2(CCCCC2)C2=Nc3ccccc3C2=C1. The molecule has 2 nitrogen and oxygen atoms in total. The highest BCUT2D eigenvalue weighted by atomic mass is 15.0. The molecule has 1 aromatic rings. The van der Waals surface area contributed by atoms with E-state index in [1.165, 1.54) is 36.1 Å². The fourth-order valence-corrected chi connectivity index (χ4v) is 3.45. The molecule has 2 heterocycles. The van der Waals surface area contributed by atoms with Gasteiger partial charge in [0.1, 0.15) is 5.54 Å². The lowest BCUT2D eigenvalue weighted by atomic mass is 9.75. The summed E-state index contributed by atoms with van der Waals surface area (Å²) < 4.78 is 0. The Labute approximate surface area is 107 Å².